The zero-order valence-corrected chi connectivity index (χ0v) is 28.3. The number of rotatable bonds is 22. The maximum absolute atomic E-state index is 12.3. The van der Waals surface area contributed by atoms with Crippen molar-refractivity contribution in [3.8, 4) is 23.0 Å². The summed E-state index contributed by atoms with van der Waals surface area (Å²) in [5.41, 5.74) is 1.27. The van der Waals surface area contributed by atoms with Crippen LogP contribution in [-0.2, 0) is 14.4 Å². The first-order valence-electron chi connectivity index (χ1n) is 16.4. The Balaban J connectivity index is 1.75. The van der Waals surface area contributed by atoms with Gasteiger partial charge in [0, 0.05) is 6.08 Å². The van der Waals surface area contributed by atoms with E-state index in [-0.39, 0.29) is 35.2 Å². The zero-order valence-electron chi connectivity index (χ0n) is 28.3. The minimum atomic E-state index is -0.566. The Hall–Kier alpha value is -5.17. The molecule has 0 radical (unpaired) electrons. The molecule has 0 atom stereocenters. The van der Waals surface area contributed by atoms with Crippen molar-refractivity contribution in [2.24, 2.45) is 0 Å². The molecular weight excluding hydrogens is 604 g/mol. The van der Waals surface area contributed by atoms with E-state index in [2.05, 4.69) is 19.1 Å². The summed E-state index contributed by atoms with van der Waals surface area (Å²) in [7, 11) is 2.88. The number of phenolic OH excluding ortho intramolecular Hbond substituents is 1. The molecule has 254 valence electrons. The van der Waals surface area contributed by atoms with Gasteiger partial charge in [-0.1, -0.05) is 124 Å². The van der Waals surface area contributed by atoms with Crippen LogP contribution in [0.4, 0.5) is 0 Å². The highest BCUT2D eigenvalue weighted by Crippen LogP contribution is 2.29. The van der Waals surface area contributed by atoms with E-state index in [1.165, 1.54) is 83.5 Å². The van der Waals surface area contributed by atoms with Gasteiger partial charge in [0.15, 0.2) is 34.6 Å². The second-order valence-corrected chi connectivity index (χ2v) is 10.9. The number of methoxy groups -OCH3 is 2. The maximum Gasteiger partial charge on any atom is 0.336 e. The van der Waals surface area contributed by atoms with Gasteiger partial charge in [0.1, 0.15) is 0 Å². The van der Waals surface area contributed by atoms with Crippen LogP contribution in [0.1, 0.15) is 75.8 Å². The third-order valence-electron chi connectivity index (χ3n) is 6.99. The topological polar surface area (TPSA) is 99.1 Å². The molecule has 7 nitrogen and oxygen atoms in total. The molecule has 0 heterocycles. The van der Waals surface area contributed by atoms with Crippen molar-refractivity contribution in [2.75, 3.05) is 14.2 Å². The van der Waals surface area contributed by atoms with Gasteiger partial charge in [-0.15, -0.1) is 0 Å². The van der Waals surface area contributed by atoms with E-state index in [9.17, 15) is 19.5 Å². The lowest BCUT2D eigenvalue weighted by molar-refractivity contribution is -0.129. The first kappa shape index (κ1) is 39.0. The van der Waals surface area contributed by atoms with E-state index >= 15 is 0 Å². The summed E-state index contributed by atoms with van der Waals surface area (Å²) in [6.45, 7) is 2.24. The smallest absolute Gasteiger partial charge is 0.336 e. The largest absolute Gasteiger partial charge is 0.504 e. The fraction of sp³-hybridized carbons (Fsp3) is 0.293. The molecule has 0 unspecified atom stereocenters. The second-order valence-electron chi connectivity index (χ2n) is 10.9. The molecule has 0 fully saturated rings. The molecule has 0 aliphatic carbocycles. The van der Waals surface area contributed by atoms with Crippen molar-refractivity contribution in [1.29, 1.82) is 0 Å². The Morgan fingerprint density at radius 3 is 1.79 bits per heavy atom. The number of hydrogen-bond acceptors (Lipinski definition) is 7. The molecule has 48 heavy (non-hydrogen) atoms. The lowest BCUT2D eigenvalue weighted by Gasteiger charge is -2.08. The Morgan fingerprint density at radius 2 is 1.17 bits per heavy atom. The number of carbonyl (C=O) groups is 3. The molecule has 0 bridgehead atoms. The van der Waals surface area contributed by atoms with Gasteiger partial charge in [-0.25, -0.2) is 4.79 Å². The third kappa shape index (κ3) is 16.9. The number of carbonyl (C=O) groups excluding carboxylic acids is 3. The number of allylic oxidation sites excluding steroid dienone is 11. The van der Waals surface area contributed by atoms with Crippen LogP contribution in [0.15, 0.2) is 109 Å². The van der Waals surface area contributed by atoms with Crippen molar-refractivity contribution >= 4 is 29.7 Å². The van der Waals surface area contributed by atoms with E-state index in [1.54, 1.807) is 54.6 Å². The van der Waals surface area contributed by atoms with Crippen LogP contribution in [0.25, 0.3) is 12.2 Å². The van der Waals surface area contributed by atoms with Gasteiger partial charge in [0.05, 0.1) is 20.6 Å². The average Bonchev–Trinajstić information content (AvgIpc) is 3.08. The van der Waals surface area contributed by atoms with Gasteiger partial charge < -0.3 is 19.3 Å². The van der Waals surface area contributed by atoms with Crippen LogP contribution in [0.5, 0.6) is 23.0 Å². The third-order valence-corrected chi connectivity index (χ3v) is 6.99. The molecule has 0 saturated heterocycles. The van der Waals surface area contributed by atoms with E-state index in [0.717, 1.165) is 6.42 Å². The Labute approximate surface area is 285 Å². The number of hydrogen-bond donors (Lipinski definition) is 1. The number of esters is 1. The predicted octanol–water partition coefficient (Wildman–Crippen LogP) is 9.49. The molecule has 0 aromatic heterocycles. The van der Waals surface area contributed by atoms with E-state index in [0.29, 0.717) is 16.9 Å². The van der Waals surface area contributed by atoms with Crippen LogP contribution in [-0.4, -0.2) is 36.9 Å². The Morgan fingerprint density at radius 1 is 0.625 bits per heavy atom. The molecule has 2 aromatic carbocycles. The van der Waals surface area contributed by atoms with Gasteiger partial charge in [0.2, 0.25) is 0 Å². The van der Waals surface area contributed by atoms with Crippen LogP contribution < -0.4 is 14.2 Å². The fourth-order valence-corrected chi connectivity index (χ4v) is 4.39. The summed E-state index contributed by atoms with van der Waals surface area (Å²) in [6, 6.07) is 9.53. The minimum Gasteiger partial charge on any atom is -0.504 e. The van der Waals surface area contributed by atoms with E-state index in [4.69, 9.17) is 14.2 Å². The van der Waals surface area contributed by atoms with Gasteiger partial charge in [-0.05, 0) is 60.4 Å². The summed E-state index contributed by atoms with van der Waals surface area (Å²) < 4.78 is 15.8. The number of aromatic hydroxyl groups is 1. The highest BCUT2D eigenvalue weighted by atomic mass is 16.6. The van der Waals surface area contributed by atoms with Crippen molar-refractivity contribution in [2.45, 2.75) is 64.7 Å². The SMILES string of the molecule is CCCCCCCCCC=CC=CC=CC=CC=CC(=O)Oc1ccc(C=CC(=O)CC(=O)C=Cc2ccc(O)c(OC)c2)cc1OC. The first-order chi connectivity index (χ1) is 23.4. The Kier molecular flexibility index (Phi) is 19.6. The molecule has 0 aliphatic rings. The van der Waals surface area contributed by atoms with Gasteiger partial charge in [0.25, 0.3) is 0 Å². The van der Waals surface area contributed by atoms with Crippen molar-refractivity contribution in [3.05, 3.63) is 120 Å². The van der Waals surface area contributed by atoms with Gasteiger partial charge in [-0.2, -0.15) is 0 Å². The van der Waals surface area contributed by atoms with Gasteiger partial charge >= 0.3 is 5.97 Å². The standard InChI is InChI=1S/C41H48O7/c1-4-5-6-7-8-9-10-11-12-13-14-15-16-17-18-19-20-21-41(45)48-38-29-25-34(31-40(38)47-3)23-27-36(43)32-35(42)26-22-33-24-28-37(44)39(30-33)46-2/h12-31,44H,4-11,32H2,1-3H3. The molecule has 7 heteroatoms. The normalized spacial score (nSPS) is 12.1. The molecular formula is C41H48O7. The predicted molar refractivity (Wildman–Crippen MR) is 194 cm³/mol. The molecule has 2 aromatic rings. The fourth-order valence-electron chi connectivity index (χ4n) is 4.39. The summed E-state index contributed by atoms with van der Waals surface area (Å²) >= 11 is 0. The highest BCUT2D eigenvalue weighted by molar-refractivity contribution is 6.10. The number of ether oxygens (including phenoxy) is 3. The molecule has 0 spiro atoms. The number of unbranched alkanes of at least 4 members (excludes halogenated alkanes) is 7. The highest BCUT2D eigenvalue weighted by Gasteiger charge is 2.09. The summed E-state index contributed by atoms with van der Waals surface area (Å²) in [5.74, 6) is -0.487. The lowest BCUT2D eigenvalue weighted by Crippen LogP contribution is -2.05. The Bertz CT molecular complexity index is 1520. The number of ketones is 2. The summed E-state index contributed by atoms with van der Waals surface area (Å²) in [5, 5.41) is 9.68. The summed E-state index contributed by atoms with van der Waals surface area (Å²) in [6.07, 6.45) is 34.2. The number of benzene rings is 2. The quantitative estimate of drug-likeness (QED) is 0.0338. The average molecular weight is 653 g/mol. The van der Waals surface area contributed by atoms with Crippen LogP contribution >= 0.6 is 0 Å². The van der Waals surface area contributed by atoms with Crippen LogP contribution in [0, 0.1) is 0 Å². The molecule has 0 saturated carbocycles. The number of phenols is 1. The minimum absolute atomic E-state index is 0.00589. The lowest BCUT2D eigenvalue weighted by atomic mass is 10.1. The monoisotopic (exact) mass is 652 g/mol. The maximum atomic E-state index is 12.3. The molecule has 0 amide bonds. The van der Waals surface area contributed by atoms with Crippen molar-refractivity contribution in [3.63, 3.8) is 0 Å². The second kappa shape index (κ2) is 24.1. The summed E-state index contributed by atoms with van der Waals surface area (Å²) in [4.78, 5) is 36.8. The first-order valence-corrected chi connectivity index (χ1v) is 16.4. The zero-order chi connectivity index (χ0) is 34.8. The van der Waals surface area contributed by atoms with Crippen molar-refractivity contribution < 1.29 is 33.7 Å². The molecule has 2 rings (SSSR count). The van der Waals surface area contributed by atoms with Crippen LogP contribution in [0.3, 0.4) is 0 Å². The van der Waals surface area contributed by atoms with Crippen LogP contribution in [0.2, 0.25) is 0 Å². The van der Waals surface area contributed by atoms with Crippen molar-refractivity contribution in [1.82, 2.24) is 0 Å². The van der Waals surface area contributed by atoms with Gasteiger partial charge in [-0.3, -0.25) is 9.59 Å². The molecule has 1 N–H and O–H groups in total. The van der Waals surface area contributed by atoms with E-state index < -0.39 is 5.97 Å². The molecule has 0 aliphatic heterocycles. The van der Waals surface area contributed by atoms with E-state index in [1.807, 2.05) is 30.4 Å².